The van der Waals surface area contributed by atoms with Crippen LogP contribution in [0.3, 0.4) is 0 Å². The summed E-state index contributed by atoms with van der Waals surface area (Å²) in [6, 6.07) is 11.7. The van der Waals surface area contributed by atoms with E-state index in [4.69, 9.17) is 14.0 Å². The number of nitrogens with zero attached hydrogens (tertiary/aromatic N) is 2. The third kappa shape index (κ3) is 4.18. The van der Waals surface area contributed by atoms with Gasteiger partial charge in [-0.05, 0) is 12.1 Å². The molecule has 0 saturated carbocycles. The summed E-state index contributed by atoms with van der Waals surface area (Å²) in [4.78, 5) is 15.7. The maximum absolute atomic E-state index is 14.0. The van der Waals surface area contributed by atoms with Crippen LogP contribution in [-0.4, -0.2) is 54.5 Å². The van der Waals surface area contributed by atoms with Crippen molar-refractivity contribution in [2.24, 2.45) is 0 Å². The van der Waals surface area contributed by atoms with E-state index in [1.807, 2.05) is 74.4 Å². The minimum atomic E-state index is -3.29. The zero-order valence-electron chi connectivity index (χ0n) is 18.3. The molecular weight excluding hydrogens is 403 g/mol. The van der Waals surface area contributed by atoms with Gasteiger partial charge in [-0.25, -0.2) is 0 Å². The molecule has 1 unspecified atom stereocenters. The highest BCUT2D eigenvalue weighted by molar-refractivity contribution is 7.59. The minimum Gasteiger partial charge on any atom is -0.469 e. The first-order valence-corrected chi connectivity index (χ1v) is 11.6. The first-order chi connectivity index (χ1) is 14.2. The van der Waals surface area contributed by atoms with E-state index < -0.39 is 19.0 Å². The third-order valence-electron chi connectivity index (χ3n) is 5.39. The molecule has 2 aromatic carbocycles. The van der Waals surface area contributed by atoms with Crippen LogP contribution in [0.15, 0.2) is 36.4 Å². The summed E-state index contributed by atoms with van der Waals surface area (Å²) < 4.78 is 30.6. The van der Waals surface area contributed by atoms with E-state index in [2.05, 4.69) is 0 Å². The highest BCUT2D eigenvalue weighted by Gasteiger charge is 2.42. The predicted molar refractivity (Wildman–Crippen MR) is 120 cm³/mol. The van der Waals surface area contributed by atoms with Crippen molar-refractivity contribution in [2.75, 3.05) is 58.4 Å². The van der Waals surface area contributed by atoms with Crippen molar-refractivity contribution < 1.29 is 23.4 Å². The fourth-order valence-corrected chi connectivity index (χ4v) is 6.04. The lowest BCUT2D eigenvalue weighted by Crippen LogP contribution is -2.17. The fourth-order valence-electron chi connectivity index (χ4n) is 3.62. The molecule has 0 aromatic heterocycles. The molecule has 3 rings (SSSR count). The number of hydrogen-bond acceptors (Lipinski definition) is 7. The first-order valence-electron chi connectivity index (χ1n) is 9.72. The second-order valence-corrected chi connectivity index (χ2v) is 10.5. The summed E-state index contributed by atoms with van der Waals surface area (Å²) in [5.74, 6) is 0.876. The molecule has 0 N–H and O–H groups in total. The Bertz CT molecular complexity index is 932. The molecular formula is C22H29N2O5P. The van der Waals surface area contributed by atoms with Gasteiger partial charge in [0.25, 0.3) is 0 Å². The maximum Gasteiger partial charge on any atom is 0.306 e. The number of benzene rings is 2. The van der Waals surface area contributed by atoms with Gasteiger partial charge in [0, 0.05) is 76.1 Å². The van der Waals surface area contributed by atoms with Gasteiger partial charge in [0.2, 0.25) is 7.37 Å². The normalized spacial score (nSPS) is 14.7. The van der Waals surface area contributed by atoms with Crippen molar-refractivity contribution in [2.45, 2.75) is 12.1 Å². The van der Waals surface area contributed by atoms with E-state index in [-0.39, 0.29) is 12.6 Å². The Hall–Kier alpha value is -2.50. The van der Waals surface area contributed by atoms with E-state index in [1.54, 1.807) is 0 Å². The van der Waals surface area contributed by atoms with Crippen LogP contribution >= 0.6 is 7.37 Å². The smallest absolute Gasteiger partial charge is 0.306 e. The van der Waals surface area contributed by atoms with Gasteiger partial charge in [0.1, 0.15) is 11.5 Å². The SMILES string of the molecule is COC(=O)CCP(=O)(OC)C1c2ccc(N(C)C)cc2Oc2cc(N(C)C)ccc21. The van der Waals surface area contributed by atoms with Crippen molar-refractivity contribution in [3.05, 3.63) is 47.5 Å². The molecule has 7 nitrogen and oxygen atoms in total. The van der Waals surface area contributed by atoms with Gasteiger partial charge in [-0.1, -0.05) is 12.1 Å². The molecule has 0 bridgehead atoms. The maximum atomic E-state index is 14.0. The van der Waals surface area contributed by atoms with E-state index in [1.165, 1.54) is 14.2 Å². The molecule has 2 aromatic rings. The number of rotatable bonds is 7. The lowest BCUT2D eigenvalue weighted by atomic mass is 9.98. The Labute approximate surface area is 178 Å². The number of fused-ring (bicyclic) bond motifs is 2. The number of anilines is 2. The van der Waals surface area contributed by atoms with Gasteiger partial charge in [-0.2, -0.15) is 0 Å². The molecule has 1 aliphatic rings. The van der Waals surface area contributed by atoms with Crippen LogP contribution in [-0.2, 0) is 18.6 Å². The summed E-state index contributed by atoms with van der Waals surface area (Å²) in [5, 5.41) is 0. The number of hydrogen-bond donors (Lipinski definition) is 0. The summed E-state index contributed by atoms with van der Waals surface area (Å²) in [7, 11) is 7.29. The molecule has 0 spiro atoms. The van der Waals surface area contributed by atoms with Crippen LogP contribution in [0, 0.1) is 0 Å². The molecule has 0 saturated heterocycles. The molecule has 162 valence electrons. The van der Waals surface area contributed by atoms with Crippen molar-refractivity contribution >= 4 is 24.7 Å². The molecule has 1 aliphatic heterocycles. The number of methoxy groups -OCH3 is 1. The lowest BCUT2D eigenvalue weighted by molar-refractivity contribution is -0.140. The zero-order valence-corrected chi connectivity index (χ0v) is 19.2. The van der Waals surface area contributed by atoms with Crippen molar-refractivity contribution in [3.63, 3.8) is 0 Å². The van der Waals surface area contributed by atoms with Gasteiger partial charge in [-0.3, -0.25) is 9.36 Å². The average molecular weight is 432 g/mol. The van der Waals surface area contributed by atoms with Gasteiger partial charge >= 0.3 is 5.97 Å². The van der Waals surface area contributed by atoms with Gasteiger partial charge < -0.3 is 23.8 Å². The Morgan fingerprint density at radius 1 is 0.967 bits per heavy atom. The molecule has 0 fully saturated rings. The van der Waals surface area contributed by atoms with E-state index in [9.17, 15) is 9.36 Å². The molecule has 1 atom stereocenters. The fraction of sp³-hybridized carbons (Fsp3) is 0.409. The van der Waals surface area contributed by atoms with Crippen LogP contribution in [0.2, 0.25) is 0 Å². The molecule has 0 amide bonds. The van der Waals surface area contributed by atoms with E-state index in [0.29, 0.717) is 11.5 Å². The molecule has 1 heterocycles. The molecule has 0 aliphatic carbocycles. The number of ether oxygens (including phenoxy) is 2. The van der Waals surface area contributed by atoms with Crippen molar-refractivity contribution in [3.8, 4) is 11.5 Å². The van der Waals surface area contributed by atoms with Crippen molar-refractivity contribution in [1.29, 1.82) is 0 Å². The number of esters is 1. The lowest BCUT2D eigenvalue weighted by Gasteiger charge is -2.34. The van der Waals surface area contributed by atoms with E-state index >= 15 is 0 Å². The van der Waals surface area contributed by atoms with Crippen LogP contribution in [0.25, 0.3) is 0 Å². The summed E-state index contributed by atoms with van der Waals surface area (Å²) in [5.41, 5.74) is 3.00. The zero-order chi connectivity index (χ0) is 22.1. The van der Waals surface area contributed by atoms with Crippen molar-refractivity contribution in [1.82, 2.24) is 0 Å². The Morgan fingerprint density at radius 2 is 1.47 bits per heavy atom. The standard InChI is InChI=1S/C22H29N2O5P/c1-23(2)15-7-9-17-19(13-15)29-20-14-16(24(3)4)8-10-18(20)22(17)30(26,28-6)12-11-21(25)27-5/h7-10,13-14,22H,11-12H2,1-6H3. The second-order valence-electron chi connectivity index (χ2n) is 7.70. The predicted octanol–water partition coefficient (Wildman–Crippen LogP) is 4.50. The van der Waals surface area contributed by atoms with Crippen LogP contribution in [0.4, 0.5) is 11.4 Å². The van der Waals surface area contributed by atoms with Crippen LogP contribution in [0.1, 0.15) is 23.2 Å². The molecule has 8 heteroatoms. The molecule has 30 heavy (non-hydrogen) atoms. The summed E-state index contributed by atoms with van der Waals surface area (Å²) in [6.45, 7) is 0. The first kappa shape index (κ1) is 22.2. The number of carbonyl (C=O) groups excluding carboxylic acids is 1. The van der Waals surface area contributed by atoms with Gasteiger partial charge in [-0.15, -0.1) is 0 Å². The highest BCUT2D eigenvalue weighted by Crippen LogP contribution is 2.67. The van der Waals surface area contributed by atoms with E-state index in [0.717, 1.165) is 22.5 Å². The summed E-state index contributed by atoms with van der Waals surface area (Å²) in [6.07, 6.45) is 0.111. The quantitative estimate of drug-likeness (QED) is 0.471. The Kier molecular flexibility index (Phi) is 6.44. The van der Waals surface area contributed by atoms with Crippen LogP contribution < -0.4 is 14.5 Å². The summed E-state index contributed by atoms with van der Waals surface area (Å²) >= 11 is 0. The monoisotopic (exact) mass is 432 g/mol. The van der Waals surface area contributed by atoms with Gasteiger partial charge in [0.05, 0.1) is 19.2 Å². The minimum absolute atomic E-state index is 0.0230. The topological polar surface area (TPSA) is 68.3 Å². The number of carbonyl (C=O) groups is 1. The Morgan fingerprint density at radius 3 is 1.87 bits per heavy atom. The second kappa shape index (κ2) is 8.70. The van der Waals surface area contributed by atoms with Crippen LogP contribution in [0.5, 0.6) is 11.5 Å². The largest absolute Gasteiger partial charge is 0.469 e. The Balaban J connectivity index is 2.15. The highest BCUT2D eigenvalue weighted by atomic mass is 31.2. The average Bonchev–Trinajstić information content (AvgIpc) is 2.74. The molecule has 0 radical (unpaired) electrons. The third-order valence-corrected chi connectivity index (χ3v) is 8.20. The van der Waals surface area contributed by atoms with Gasteiger partial charge in [0.15, 0.2) is 0 Å².